The number of piperidine rings is 1. The molecule has 0 aliphatic carbocycles. The SMILES string of the molecule is COC[C@H]1CC[C@@H](O)CN1C(=O)OC(C)(C)C. The van der Waals surface area contributed by atoms with Gasteiger partial charge in [-0.15, -0.1) is 0 Å². The molecule has 0 unspecified atom stereocenters. The zero-order valence-electron chi connectivity index (χ0n) is 11.1. The summed E-state index contributed by atoms with van der Waals surface area (Å²) in [6, 6.07) is -0.00162. The molecule has 1 aliphatic rings. The lowest BCUT2D eigenvalue weighted by Gasteiger charge is -2.38. The second kappa shape index (κ2) is 5.69. The number of hydrogen-bond donors (Lipinski definition) is 1. The Morgan fingerprint density at radius 1 is 1.41 bits per heavy atom. The first kappa shape index (κ1) is 14.3. The van der Waals surface area contributed by atoms with Crippen LogP contribution in [0.25, 0.3) is 0 Å². The summed E-state index contributed by atoms with van der Waals surface area (Å²) in [5.74, 6) is 0. The van der Waals surface area contributed by atoms with Crippen molar-refractivity contribution in [2.45, 2.75) is 51.4 Å². The van der Waals surface area contributed by atoms with Crippen molar-refractivity contribution in [3.05, 3.63) is 0 Å². The van der Waals surface area contributed by atoms with Crippen LogP contribution in [0.15, 0.2) is 0 Å². The summed E-state index contributed by atoms with van der Waals surface area (Å²) in [6.45, 7) is 6.29. The van der Waals surface area contributed by atoms with Crippen LogP contribution in [0.1, 0.15) is 33.6 Å². The molecule has 0 spiro atoms. The average molecular weight is 245 g/mol. The average Bonchev–Trinajstić information content (AvgIpc) is 2.18. The molecular formula is C12H23NO4. The maximum absolute atomic E-state index is 12.0. The number of hydrogen-bond acceptors (Lipinski definition) is 4. The molecule has 1 rings (SSSR count). The van der Waals surface area contributed by atoms with Gasteiger partial charge >= 0.3 is 6.09 Å². The van der Waals surface area contributed by atoms with Crippen LogP contribution in [0.4, 0.5) is 4.79 Å². The number of amides is 1. The number of aliphatic hydroxyl groups is 1. The van der Waals surface area contributed by atoms with Crippen molar-refractivity contribution < 1.29 is 19.4 Å². The van der Waals surface area contributed by atoms with Gasteiger partial charge in [-0.25, -0.2) is 4.79 Å². The second-order valence-corrected chi connectivity index (χ2v) is 5.47. The molecule has 5 nitrogen and oxygen atoms in total. The third kappa shape index (κ3) is 4.52. The molecular weight excluding hydrogens is 222 g/mol. The number of β-amino-alcohol motifs (C(OH)–C–C–N with tert-alkyl or cyclic N) is 1. The van der Waals surface area contributed by atoms with Gasteiger partial charge in [-0.1, -0.05) is 0 Å². The zero-order chi connectivity index (χ0) is 13.1. The van der Waals surface area contributed by atoms with Gasteiger partial charge in [0.05, 0.1) is 25.3 Å². The van der Waals surface area contributed by atoms with Gasteiger partial charge in [0.1, 0.15) is 5.60 Å². The van der Waals surface area contributed by atoms with Crippen LogP contribution >= 0.6 is 0 Å². The number of rotatable bonds is 2. The molecule has 0 aromatic carbocycles. The Hall–Kier alpha value is -0.810. The first-order chi connectivity index (χ1) is 7.83. The van der Waals surface area contributed by atoms with Crippen molar-refractivity contribution in [1.29, 1.82) is 0 Å². The van der Waals surface area contributed by atoms with Gasteiger partial charge in [0.2, 0.25) is 0 Å². The predicted octanol–water partition coefficient (Wildman–Crippen LogP) is 1.39. The van der Waals surface area contributed by atoms with Crippen molar-refractivity contribution in [3.63, 3.8) is 0 Å². The normalized spacial score (nSPS) is 25.8. The van der Waals surface area contributed by atoms with Gasteiger partial charge < -0.3 is 19.5 Å². The van der Waals surface area contributed by atoms with Crippen LogP contribution in [0.5, 0.6) is 0 Å². The fraction of sp³-hybridized carbons (Fsp3) is 0.917. The topological polar surface area (TPSA) is 59.0 Å². The largest absolute Gasteiger partial charge is 0.444 e. The highest BCUT2D eigenvalue weighted by molar-refractivity contribution is 5.68. The standard InChI is InChI=1S/C12H23NO4/c1-12(2,3)17-11(15)13-7-10(14)6-5-9(13)8-16-4/h9-10,14H,5-8H2,1-4H3/t9-,10-/m1/s1. The van der Waals surface area contributed by atoms with Gasteiger partial charge in [0, 0.05) is 7.11 Å². The Bertz CT molecular complexity index is 262. The number of ether oxygens (including phenoxy) is 2. The Morgan fingerprint density at radius 2 is 2.06 bits per heavy atom. The van der Waals surface area contributed by atoms with Crippen LogP contribution in [0.3, 0.4) is 0 Å². The van der Waals surface area contributed by atoms with Crippen molar-refractivity contribution in [2.75, 3.05) is 20.3 Å². The van der Waals surface area contributed by atoms with E-state index >= 15 is 0 Å². The van der Waals surface area contributed by atoms with Crippen molar-refractivity contribution in [2.24, 2.45) is 0 Å². The van der Waals surface area contributed by atoms with Crippen LogP contribution in [-0.4, -0.2) is 54.1 Å². The molecule has 1 amide bonds. The quantitative estimate of drug-likeness (QED) is 0.798. The van der Waals surface area contributed by atoms with Gasteiger partial charge in [-0.3, -0.25) is 0 Å². The fourth-order valence-corrected chi connectivity index (χ4v) is 1.92. The van der Waals surface area contributed by atoms with E-state index < -0.39 is 11.7 Å². The zero-order valence-corrected chi connectivity index (χ0v) is 11.1. The number of methoxy groups -OCH3 is 1. The lowest BCUT2D eigenvalue weighted by atomic mass is 10.0. The summed E-state index contributed by atoms with van der Waals surface area (Å²) < 4.78 is 10.4. The van der Waals surface area contributed by atoms with E-state index in [9.17, 15) is 9.90 Å². The molecule has 0 bridgehead atoms. The van der Waals surface area contributed by atoms with E-state index in [2.05, 4.69) is 0 Å². The summed E-state index contributed by atoms with van der Waals surface area (Å²) in [5.41, 5.74) is -0.517. The van der Waals surface area contributed by atoms with Gasteiger partial charge in [-0.2, -0.15) is 0 Å². The summed E-state index contributed by atoms with van der Waals surface area (Å²) in [6.07, 6.45) is 0.607. The van der Waals surface area contributed by atoms with Crippen LogP contribution < -0.4 is 0 Å². The molecule has 1 saturated heterocycles. The molecule has 1 fully saturated rings. The van der Waals surface area contributed by atoms with E-state index in [0.717, 1.165) is 6.42 Å². The molecule has 0 saturated carbocycles. The van der Waals surface area contributed by atoms with Gasteiger partial charge in [0.15, 0.2) is 0 Å². The molecule has 0 aromatic heterocycles. The first-order valence-corrected chi connectivity index (χ1v) is 6.00. The number of aliphatic hydroxyl groups excluding tert-OH is 1. The molecule has 2 atom stereocenters. The Kier molecular flexibility index (Phi) is 4.77. The van der Waals surface area contributed by atoms with E-state index in [4.69, 9.17) is 9.47 Å². The summed E-state index contributed by atoms with van der Waals surface area (Å²) in [5, 5.41) is 9.62. The number of nitrogens with zero attached hydrogens (tertiary/aromatic N) is 1. The molecule has 1 N–H and O–H groups in total. The highest BCUT2D eigenvalue weighted by Gasteiger charge is 2.33. The van der Waals surface area contributed by atoms with E-state index in [1.165, 1.54) is 0 Å². The minimum absolute atomic E-state index is 0.00162. The molecule has 1 heterocycles. The van der Waals surface area contributed by atoms with E-state index in [1.807, 2.05) is 20.8 Å². The third-order valence-electron chi connectivity index (χ3n) is 2.67. The predicted molar refractivity (Wildman–Crippen MR) is 63.8 cm³/mol. The third-order valence-corrected chi connectivity index (χ3v) is 2.67. The maximum Gasteiger partial charge on any atom is 0.410 e. The van der Waals surface area contributed by atoms with Crippen molar-refractivity contribution in [1.82, 2.24) is 4.90 Å². The Balaban J connectivity index is 2.65. The fourth-order valence-electron chi connectivity index (χ4n) is 1.92. The molecule has 17 heavy (non-hydrogen) atoms. The smallest absolute Gasteiger partial charge is 0.410 e. The number of carbonyl (C=O) groups is 1. The lowest BCUT2D eigenvalue weighted by Crippen LogP contribution is -2.52. The Labute approximate surface area is 103 Å². The van der Waals surface area contributed by atoms with Crippen LogP contribution in [-0.2, 0) is 9.47 Å². The molecule has 1 aliphatic heterocycles. The van der Waals surface area contributed by atoms with Gasteiger partial charge in [-0.05, 0) is 33.6 Å². The monoisotopic (exact) mass is 245 g/mol. The molecule has 0 aromatic rings. The van der Waals surface area contributed by atoms with Crippen molar-refractivity contribution in [3.8, 4) is 0 Å². The van der Waals surface area contributed by atoms with Crippen LogP contribution in [0, 0.1) is 0 Å². The highest BCUT2D eigenvalue weighted by Crippen LogP contribution is 2.20. The number of carbonyl (C=O) groups excluding carboxylic acids is 1. The van der Waals surface area contributed by atoms with Crippen LogP contribution in [0.2, 0.25) is 0 Å². The van der Waals surface area contributed by atoms with E-state index in [-0.39, 0.29) is 12.1 Å². The van der Waals surface area contributed by atoms with Crippen molar-refractivity contribution >= 4 is 6.09 Å². The molecule has 0 radical (unpaired) electrons. The minimum Gasteiger partial charge on any atom is -0.444 e. The minimum atomic E-state index is -0.517. The lowest BCUT2D eigenvalue weighted by molar-refractivity contribution is -0.0264. The Morgan fingerprint density at radius 3 is 2.59 bits per heavy atom. The summed E-state index contributed by atoms with van der Waals surface area (Å²) >= 11 is 0. The summed E-state index contributed by atoms with van der Waals surface area (Å²) in [7, 11) is 1.61. The van der Waals surface area contributed by atoms with Gasteiger partial charge in [0.25, 0.3) is 0 Å². The highest BCUT2D eigenvalue weighted by atomic mass is 16.6. The molecule has 100 valence electrons. The summed E-state index contributed by atoms with van der Waals surface area (Å²) in [4.78, 5) is 13.6. The first-order valence-electron chi connectivity index (χ1n) is 6.00. The second-order valence-electron chi connectivity index (χ2n) is 5.47. The number of likely N-dealkylation sites (tertiary alicyclic amines) is 1. The maximum atomic E-state index is 12.0. The van der Waals surface area contributed by atoms with E-state index in [1.54, 1.807) is 12.0 Å². The van der Waals surface area contributed by atoms with E-state index in [0.29, 0.717) is 19.6 Å². The molecule has 5 heteroatoms.